The first-order valence-corrected chi connectivity index (χ1v) is 7.35. The Labute approximate surface area is 101 Å². The molecule has 2 heteroatoms. The predicted octanol–water partition coefficient (Wildman–Crippen LogP) is 4.90. The molecule has 90 valence electrons. The Bertz CT molecular complexity index is 316. The molecule has 0 spiro atoms. The highest BCUT2D eigenvalue weighted by Gasteiger charge is 2.21. The van der Waals surface area contributed by atoms with E-state index in [9.17, 15) is 0 Å². The fourth-order valence-electron chi connectivity index (χ4n) is 1.86. The highest BCUT2D eigenvalue weighted by atomic mass is 31.1. The molecule has 0 atom stereocenters. The van der Waals surface area contributed by atoms with Crippen molar-refractivity contribution in [3.05, 3.63) is 29.3 Å². The van der Waals surface area contributed by atoms with Crippen molar-refractivity contribution >= 4 is 8.15 Å². The molecule has 0 aromatic heterocycles. The lowest BCUT2D eigenvalue weighted by molar-refractivity contribution is 0.583. The molecule has 0 aliphatic rings. The molecule has 0 unspecified atom stereocenters. The molecule has 16 heavy (non-hydrogen) atoms. The molecule has 0 aliphatic heterocycles. The lowest BCUT2D eigenvalue weighted by atomic mass is 10.1. The molecule has 0 aliphatic carbocycles. The second kappa shape index (κ2) is 5.68. The summed E-state index contributed by atoms with van der Waals surface area (Å²) in [6.07, 6.45) is 0. The van der Waals surface area contributed by atoms with E-state index in [1.54, 1.807) is 0 Å². The molecule has 0 saturated carbocycles. The van der Waals surface area contributed by atoms with Gasteiger partial charge in [0.25, 0.3) is 0 Å². The van der Waals surface area contributed by atoms with Crippen LogP contribution in [0.4, 0.5) is 0 Å². The van der Waals surface area contributed by atoms with Crippen LogP contribution in [0.5, 0.6) is 5.75 Å². The van der Waals surface area contributed by atoms with E-state index >= 15 is 0 Å². The van der Waals surface area contributed by atoms with E-state index in [4.69, 9.17) is 4.52 Å². The van der Waals surface area contributed by atoms with E-state index in [1.165, 1.54) is 11.1 Å². The number of hydrogen-bond acceptors (Lipinski definition) is 1. The minimum absolute atomic E-state index is 0.387. The quantitative estimate of drug-likeness (QED) is 0.678. The van der Waals surface area contributed by atoms with Crippen molar-refractivity contribution < 1.29 is 4.52 Å². The maximum Gasteiger partial charge on any atom is 0.129 e. The fraction of sp³-hybridized carbons (Fsp3) is 0.571. The number of para-hydroxylation sites is 1. The van der Waals surface area contributed by atoms with Crippen LogP contribution in [0.2, 0.25) is 0 Å². The van der Waals surface area contributed by atoms with E-state index in [2.05, 4.69) is 59.7 Å². The van der Waals surface area contributed by atoms with Gasteiger partial charge in [-0.3, -0.25) is 0 Å². The number of rotatable bonds is 4. The van der Waals surface area contributed by atoms with Crippen molar-refractivity contribution in [3.8, 4) is 5.75 Å². The Balaban J connectivity index is 2.94. The highest BCUT2D eigenvalue weighted by Crippen LogP contribution is 2.48. The average molecular weight is 238 g/mol. The zero-order chi connectivity index (χ0) is 12.3. The third kappa shape index (κ3) is 3.22. The minimum Gasteiger partial charge on any atom is -0.473 e. The highest BCUT2D eigenvalue weighted by molar-refractivity contribution is 7.54. The van der Waals surface area contributed by atoms with Crippen LogP contribution in [0.25, 0.3) is 0 Å². The third-order valence-corrected chi connectivity index (χ3v) is 5.05. The smallest absolute Gasteiger partial charge is 0.129 e. The van der Waals surface area contributed by atoms with Crippen LogP contribution < -0.4 is 4.52 Å². The van der Waals surface area contributed by atoms with E-state index in [0.29, 0.717) is 11.3 Å². The molecule has 0 amide bonds. The largest absolute Gasteiger partial charge is 0.473 e. The molecule has 1 rings (SSSR count). The first kappa shape index (κ1) is 13.5. The van der Waals surface area contributed by atoms with Gasteiger partial charge in [0, 0.05) is 11.3 Å². The molecule has 0 fully saturated rings. The van der Waals surface area contributed by atoms with Gasteiger partial charge in [-0.05, 0) is 25.0 Å². The van der Waals surface area contributed by atoms with Crippen molar-refractivity contribution in [3.63, 3.8) is 0 Å². The van der Waals surface area contributed by atoms with Gasteiger partial charge < -0.3 is 4.52 Å². The standard InChI is InChI=1S/C14H23OP/c1-10(2)16(11(3)4)15-14-12(5)8-7-9-13(14)6/h7-11H,1-6H3. The minimum atomic E-state index is -0.387. The molecule has 1 nitrogen and oxygen atoms in total. The summed E-state index contributed by atoms with van der Waals surface area (Å²) in [7, 11) is -0.387. The molecular formula is C14H23OP. The van der Waals surface area contributed by atoms with Crippen molar-refractivity contribution in [1.29, 1.82) is 0 Å². The maximum atomic E-state index is 6.26. The number of aryl methyl sites for hydroxylation is 2. The van der Waals surface area contributed by atoms with Gasteiger partial charge in [-0.15, -0.1) is 0 Å². The molecule has 0 bridgehead atoms. The summed E-state index contributed by atoms with van der Waals surface area (Å²) in [4.78, 5) is 0. The Morgan fingerprint density at radius 1 is 0.938 bits per heavy atom. The van der Waals surface area contributed by atoms with E-state index in [-0.39, 0.29) is 8.15 Å². The second-order valence-corrected chi connectivity index (χ2v) is 7.83. The van der Waals surface area contributed by atoms with Crippen molar-refractivity contribution in [1.82, 2.24) is 0 Å². The number of hydrogen-bond donors (Lipinski definition) is 0. The summed E-state index contributed by atoms with van der Waals surface area (Å²) in [5.41, 5.74) is 3.70. The second-order valence-electron chi connectivity index (χ2n) is 4.86. The summed E-state index contributed by atoms with van der Waals surface area (Å²) >= 11 is 0. The maximum absolute atomic E-state index is 6.26. The first-order chi connectivity index (χ1) is 7.43. The normalized spacial score (nSPS) is 11.6. The van der Waals surface area contributed by atoms with E-state index in [1.807, 2.05) is 0 Å². The molecule has 0 N–H and O–H groups in total. The predicted molar refractivity (Wildman–Crippen MR) is 73.7 cm³/mol. The Hall–Kier alpha value is -0.550. The van der Waals surface area contributed by atoms with Crippen LogP contribution in [-0.4, -0.2) is 11.3 Å². The first-order valence-electron chi connectivity index (χ1n) is 5.96. The van der Waals surface area contributed by atoms with Crippen LogP contribution in [0, 0.1) is 13.8 Å². The zero-order valence-corrected chi connectivity index (χ0v) is 12.1. The van der Waals surface area contributed by atoms with Crippen LogP contribution in [0.1, 0.15) is 38.8 Å². The van der Waals surface area contributed by atoms with E-state index in [0.717, 1.165) is 5.75 Å². The summed E-state index contributed by atoms with van der Waals surface area (Å²) in [6, 6.07) is 6.33. The molecule has 1 aromatic carbocycles. The lowest BCUT2D eigenvalue weighted by Gasteiger charge is -2.27. The number of benzene rings is 1. The summed E-state index contributed by atoms with van der Waals surface area (Å²) in [5.74, 6) is 1.09. The van der Waals surface area contributed by atoms with Crippen LogP contribution in [0.15, 0.2) is 18.2 Å². The average Bonchev–Trinajstić information content (AvgIpc) is 2.15. The molecule has 0 radical (unpaired) electrons. The molecular weight excluding hydrogens is 215 g/mol. The molecule has 0 saturated heterocycles. The van der Waals surface area contributed by atoms with Crippen molar-refractivity contribution in [2.24, 2.45) is 0 Å². The lowest BCUT2D eigenvalue weighted by Crippen LogP contribution is -2.09. The van der Waals surface area contributed by atoms with Gasteiger partial charge in [-0.25, -0.2) is 0 Å². The van der Waals surface area contributed by atoms with Gasteiger partial charge >= 0.3 is 0 Å². The summed E-state index contributed by atoms with van der Waals surface area (Å²) in [6.45, 7) is 13.2. The molecule has 0 heterocycles. The Morgan fingerprint density at radius 3 is 1.75 bits per heavy atom. The summed E-state index contributed by atoms with van der Waals surface area (Å²) in [5, 5.41) is 0. The van der Waals surface area contributed by atoms with Gasteiger partial charge in [0.2, 0.25) is 0 Å². The van der Waals surface area contributed by atoms with Gasteiger partial charge in [-0.1, -0.05) is 45.9 Å². The van der Waals surface area contributed by atoms with Gasteiger partial charge in [0.15, 0.2) is 0 Å². The zero-order valence-electron chi connectivity index (χ0n) is 11.2. The monoisotopic (exact) mass is 238 g/mol. The Morgan fingerprint density at radius 2 is 1.38 bits per heavy atom. The van der Waals surface area contributed by atoms with E-state index < -0.39 is 0 Å². The SMILES string of the molecule is Cc1cccc(C)c1OP(C(C)C)C(C)C. The van der Waals surface area contributed by atoms with Crippen LogP contribution >= 0.6 is 8.15 Å². The van der Waals surface area contributed by atoms with Crippen molar-refractivity contribution in [2.75, 3.05) is 0 Å². The summed E-state index contributed by atoms with van der Waals surface area (Å²) < 4.78 is 6.26. The van der Waals surface area contributed by atoms with Gasteiger partial charge in [-0.2, -0.15) is 0 Å². The third-order valence-electron chi connectivity index (χ3n) is 2.62. The fourth-order valence-corrected chi connectivity index (χ4v) is 3.97. The Kier molecular flexibility index (Phi) is 4.80. The van der Waals surface area contributed by atoms with Crippen LogP contribution in [-0.2, 0) is 0 Å². The van der Waals surface area contributed by atoms with Crippen molar-refractivity contribution in [2.45, 2.75) is 52.9 Å². The topological polar surface area (TPSA) is 9.23 Å². The van der Waals surface area contributed by atoms with Gasteiger partial charge in [0.1, 0.15) is 5.75 Å². The molecule has 1 aromatic rings. The van der Waals surface area contributed by atoms with Gasteiger partial charge in [0.05, 0.1) is 8.15 Å². The van der Waals surface area contributed by atoms with Crippen LogP contribution in [0.3, 0.4) is 0 Å².